The van der Waals surface area contributed by atoms with E-state index >= 15 is 0 Å². The van der Waals surface area contributed by atoms with Crippen LogP contribution in [0.1, 0.15) is 40.8 Å². The number of rotatable bonds is 7. The summed E-state index contributed by atoms with van der Waals surface area (Å²) in [6, 6.07) is 14.0. The number of aliphatic hydroxyl groups excluding tert-OH is 1. The van der Waals surface area contributed by atoms with E-state index in [9.17, 15) is 33.1 Å². The number of aryl methyl sites for hydroxylation is 2. The van der Waals surface area contributed by atoms with Gasteiger partial charge in [0.05, 0.1) is 36.5 Å². The summed E-state index contributed by atoms with van der Waals surface area (Å²) in [5, 5.41) is 32.5. The summed E-state index contributed by atoms with van der Waals surface area (Å²) in [6.07, 6.45) is -0.657. The van der Waals surface area contributed by atoms with E-state index < -0.39 is 29.4 Å². The summed E-state index contributed by atoms with van der Waals surface area (Å²) in [5.74, 6) is -0.821. The highest BCUT2D eigenvalue weighted by atomic mass is 19.4. The average molecular weight is 638 g/mol. The molecule has 1 aliphatic rings. The van der Waals surface area contributed by atoms with E-state index in [1.165, 1.54) is 28.7 Å². The summed E-state index contributed by atoms with van der Waals surface area (Å²) in [5.41, 5.74) is 0.851. The maximum atomic E-state index is 13.6. The van der Waals surface area contributed by atoms with Crippen molar-refractivity contribution in [2.24, 2.45) is 0 Å². The number of aromatic nitrogens is 4. The first-order valence-electron chi connectivity index (χ1n) is 13.6. The number of benzene rings is 2. The van der Waals surface area contributed by atoms with Gasteiger partial charge in [-0.1, -0.05) is 12.1 Å². The van der Waals surface area contributed by atoms with Gasteiger partial charge in [0, 0.05) is 29.4 Å². The predicted octanol–water partition coefficient (Wildman–Crippen LogP) is 3.37. The van der Waals surface area contributed by atoms with E-state index in [1.54, 1.807) is 43.5 Å². The molecule has 1 atom stereocenters. The van der Waals surface area contributed by atoms with E-state index in [0.29, 0.717) is 35.2 Å². The van der Waals surface area contributed by atoms with Crippen LogP contribution in [-0.4, -0.2) is 44.5 Å². The molecule has 12 nitrogen and oxygen atoms in total. The Balaban J connectivity index is 0.00000154. The second-order valence-electron chi connectivity index (χ2n) is 9.96. The monoisotopic (exact) mass is 637 g/mol. The van der Waals surface area contributed by atoms with E-state index in [4.69, 9.17) is 14.6 Å². The van der Waals surface area contributed by atoms with Gasteiger partial charge in [-0.3, -0.25) is 9.69 Å². The number of carboxylic acid groups (broad SMARTS) is 1. The Kier molecular flexibility index (Phi) is 10.0. The Morgan fingerprint density at radius 2 is 1.96 bits per heavy atom. The van der Waals surface area contributed by atoms with Crippen molar-refractivity contribution in [3.8, 4) is 6.07 Å². The molecule has 15 heteroatoms. The quantitative estimate of drug-likeness (QED) is 0.157. The van der Waals surface area contributed by atoms with Crippen molar-refractivity contribution < 1.29 is 42.3 Å². The number of nitrogens with one attached hydrogen (secondary N) is 1. The molecule has 0 bridgehead atoms. The average Bonchev–Trinajstić information content (AvgIpc) is 3.43. The predicted molar refractivity (Wildman–Crippen MR) is 155 cm³/mol. The van der Waals surface area contributed by atoms with Gasteiger partial charge in [-0.05, 0) is 54.4 Å². The number of methoxy groups -OCH3 is 1. The highest BCUT2D eigenvalue weighted by molar-refractivity contribution is 5.93. The van der Waals surface area contributed by atoms with Gasteiger partial charge in [-0.15, -0.1) is 5.10 Å². The number of hydrogen-bond acceptors (Lipinski definition) is 8. The topological polar surface area (TPSA) is 165 Å². The Bertz CT molecular complexity index is 1890. The lowest BCUT2D eigenvalue weighted by Gasteiger charge is -2.36. The minimum Gasteiger partial charge on any atom is -0.483 e. The van der Waals surface area contributed by atoms with Crippen LogP contribution >= 0.6 is 0 Å². The molecule has 4 aromatic rings. The molecule has 3 N–H and O–H groups in total. The van der Waals surface area contributed by atoms with Crippen molar-refractivity contribution in [3.05, 3.63) is 117 Å². The van der Waals surface area contributed by atoms with Crippen LogP contribution in [0.5, 0.6) is 0 Å². The molecule has 0 amide bonds. The SMILES string of the molecule is COC(=O)C1=C(C)N(c2cccc(C(F)(F)F)c2)c2n[nH]c(=O)n2[C@@H]1c1ccc(C#N)cc1CC[n+]1cccc(CO)c1.O=CO. The molecule has 0 fully saturated rings. The maximum Gasteiger partial charge on any atom is 0.416 e. The number of halogens is 3. The number of H-pyrrole nitrogens is 1. The Morgan fingerprint density at radius 3 is 2.61 bits per heavy atom. The van der Waals surface area contributed by atoms with E-state index in [0.717, 1.165) is 12.1 Å². The summed E-state index contributed by atoms with van der Waals surface area (Å²) < 4.78 is 49.0. The second-order valence-corrected chi connectivity index (χ2v) is 9.96. The second kappa shape index (κ2) is 13.9. The lowest BCUT2D eigenvalue weighted by atomic mass is 9.89. The molecule has 0 radical (unpaired) electrons. The number of carbonyl (C=O) groups excluding carboxylic acids is 1. The van der Waals surface area contributed by atoms with Crippen LogP contribution in [-0.2, 0) is 40.1 Å². The fourth-order valence-electron chi connectivity index (χ4n) is 5.30. The van der Waals surface area contributed by atoms with Crippen LogP contribution in [0, 0.1) is 11.3 Å². The first-order chi connectivity index (χ1) is 22.0. The van der Waals surface area contributed by atoms with Gasteiger partial charge in [-0.25, -0.2) is 23.8 Å². The zero-order valence-electron chi connectivity index (χ0n) is 24.5. The number of nitriles is 1. The lowest BCUT2D eigenvalue weighted by Crippen LogP contribution is -2.38. The third-order valence-corrected chi connectivity index (χ3v) is 7.29. The number of esters is 1. The number of allylic oxidation sites excluding steroid dienone is 1. The van der Waals surface area contributed by atoms with Crippen LogP contribution < -0.4 is 15.2 Å². The van der Waals surface area contributed by atoms with Crippen molar-refractivity contribution in [2.45, 2.75) is 38.7 Å². The Labute approximate surface area is 259 Å². The van der Waals surface area contributed by atoms with Crippen molar-refractivity contribution in [2.75, 3.05) is 12.0 Å². The molecule has 1 aliphatic heterocycles. The molecule has 46 heavy (non-hydrogen) atoms. The Morgan fingerprint density at radius 1 is 1.22 bits per heavy atom. The fraction of sp³-hybridized carbons (Fsp3) is 0.226. The van der Waals surface area contributed by atoms with Gasteiger partial charge < -0.3 is 14.9 Å². The standard InChI is InChI=1S/C30H25F3N6O4.CH2O2/c1-18-25(27(41)43-2)26(24-9-8-19(15-34)13-21(24)10-12-37-11-4-5-20(16-37)17-40)39-28(35-36-29(39)42)38(18)23-7-3-6-22(14-23)30(31,32)33;2-1-3/h3-9,11,13-14,16,26,40H,10,12,17H2,1-2H3;1H,(H,2,3)/p+1/t26-;/m1./s1. The molecule has 0 unspecified atom stereocenters. The largest absolute Gasteiger partial charge is 0.483 e. The van der Waals surface area contributed by atoms with E-state index in [1.807, 2.05) is 10.8 Å². The zero-order chi connectivity index (χ0) is 33.6. The molecule has 0 saturated heterocycles. The highest BCUT2D eigenvalue weighted by Gasteiger charge is 2.41. The smallest absolute Gasteiger partial charge is 0.416 e. The number of carbonyl (C=O) groups is 2. The molecule has 5 rings (SSSR count). The summed E-state index contributed by atoms with van der Waals surface area (Å²) >= 11 is 0. The number of pyridine rings is 1. The molecule has 0 spiro atoms. The van der Waals surface area contributed by atoms with Crippen LogP contribution in [0.4, 0.5) is 24.8 Å². The van der Waals surface area contributed by atoms with Gasteiger partial charge >= 0.3 is 17.8 Å². The van der Waals surface area contributed by atoms with Gasteiger partial charge in [0.15, 0.2) is 18.9 Å². The number of aliphatic hydroxyl groups is 1. The van der Waals surface area contributed by atoms with Gasteiger partial charge in [0.2, 0.25) is 5.95 Å². The molecule has 238 valence electrons. The Hall–Kier alpha value is -5.75. The number of anilines is 2. The summed E-state index contributed by atoms with van der Waals surface area (Å²) in [7, 11) is 1.17. The molecule has 0 saturated carbocycles. The fourth-order valence-corrected chi connectivity index (χ4v) is 5.30. The molecule has 0 aliphatic carbocycles. The van der Waals surface area contributed by atoms with Crippen molar-refractivity contribution in [1.82, 2.24) is 14.8 Å². The zero-order valence-corrected chi connectivity index (χ0v) is 24.5. The lowest BCUT2D eigenvalue weighted by molar-refractivity contribution is -0.697. The third-order valence-electron chi connectivity index (χ3n) is 7.29. The van der Waals surface area contributed by atoms with Gasteiger partial charge in [0.1, 0.15) is 6.04 Å². The van der Waals surface area contributed by atoms with Crippen LogP contribution in [0.2, 0.25) is 0 Å². The number of fused-ring (bicyclic) bond motifs is 1. The first kappa shape index (κ1) is 33.1. The van der Waals surface area contributed by atoms with E-state index in [2.05, 4.69) is 16.3 Å². The number of aromatic amines is 1. The first-order valence-corrected chi connectivity index (χ1v) is 13.6. The van der Waals surface area contributed by atoms with Crippen LogP contribution in [0.3, 0.4) is 0 Å². The molecule has 2 aromatic carbocycles. The van der Waals surface area contributed by atoms with Crippen molar-refractivity contribution in [1.29, 1.82) is 5.26 Å². The third kappa shape index (κ3) is 6.66. The normalized spacial score (nSPS) is 14.1. The van der Waals surface area contributed by atoms with Gasteiger partial charge in [-0.2, -0.15) is 18.4 Å². The van der Waals surface area contributed by atoms with E-state index in [-0.39, 0.29) is 36.0 Å². The highest BCUT2D eigenvalue weighted by Crippen LogP contribution is 2.43. The summed E-state index contributed by atoms with van der Waals surface area (Å²) in [4.78, 5) is 36.3. The minimum atomic E-state index is -4.63. The van der Waals surface area contributed by atoms with Crippen LogP contribution in [0.25, 0.3) is 0 Å². The number of hydrogen-bond donors (Lipinski definition) is 3. The number of alkyl halides is 3. The molecular formula is C31H28F3N6O6+. The maximum absolute atomic E-state index is 13.6. The molecular weight excluding hydrogens is 609 g/mol. The minimum absolute atomic E-state index is 0.0109. The number of ether oxygens (including phenoxy) is 1. The summed E-state index contributed by atoms with van der Waals surface area (Å²) in [6.45, 7) is 1.59. The van der Waals surface area contributed by atoms with Gasteiger partial charge in [0.25, 0.3) is 6.47 Å². The molecule has 2 aromatic heterocycles. The van der Waals surface area contributed by atoms with Crippen LogP contribution in [0.15, 0.2) is 83.1 Å². The van der Waals surface area contributed by atoms with Crippen molar-refractivity contribution >= 4 is 24.1 Å². The molecule has 3 heterocycles. The number of nitrogens with zero attached hydrogens (tertiary/aromatic N) is 5. The van der Waals surface area contributed by atoms with Crippen molar-refractivity contribution in [3.63, 3.8) is 0 Å².